The van der Waals surface area contributed by atoms with Gasteiger partial charge in [-0.25, -0.2) is 0 Å². The van der Waals surface area contributed by atoms with E-state index < -0.39 is 0 Å². The molecule has 150 valence electrons. The molecule has 1 heterocycles. The summed E-state index contributed by atoms with van der Waals surface area (Å²) < 4.78 is 0. The number of halogens is 1. The van der Waals surface area contributed by atoms with Crippen LogP contribution in [0.2, 0.25) is 0 Å². The van der Waals surface area contributed by atoms with E-state index in [9.17, 15) is 4.79 Å². The number of aryl methyl sites for hydroxylation is 1. The van der Waals surface area contributed by atoms with E-state index in [4.69, 9.17) is 4.99 Å². The standard InChI is InChI=1S/C21H31N3OS.ClH/c1-4-17-11-13-19(14-12-17)24(16(2)25)20-15-26-21(23(20)3)22-18-9-7-5-6-8-10-18;/h11-14,18,20H,4-10,15H2,1-3H3;1H. The van der Waals surface area contributed by atoms with Crippen LogP contribution in [0.3, 0.4) is 0 Å². The summed E-state index contributed by atoms with van der Waals surface area (Å²) in [5.74, 6) is 0.958. The molecule has 0 bridgehead atoms. The Morgan fingerprint density at radius 3 is 2.37 bits per heavy atom. The Balaban J connectivity index is 0.00000261. The Hall–Kier alpha value is -1.20. The predicted octanol–water partition coefficient (Wildman–Crippen LogP) is 5.11. The molecule has 1 saturated carbocycles. The fourth-order valence-corrected chi connectivity index (χ4v) is 5.09. The minimum absolute atomic E-state index is 0. The van der Waals surface area contributed by atoms with Gasteiger partial charge in [0.15, 0.2) is 5.17 Å². The molecule has 0 N–H and O–H groups in total. The van der Waals surface area contributed by atoms with Crippen molar-refractivity contribution in [2.24, 2.45) is 4.99 Å². The van der Waals surface area contributed by atoms with E-state index in [2.05, 4.69) is 43.1 Å². The second-order valence-corrected chi connectivity index (χ2v) is 8.36. The second-order valence-electron chi connectivity index (χ2n) is 7.37. The molecule has 0 radical (unpaired) electrons. The summed E-state index contributed by atoms with van der Waals surface area (Å²) in [5, 5.41) is 1.10. The third-order valence-corrected chi connectivity index (χ3v) is 6.60. The number of hydrogen-bond donors (Lipinski definition) is 0. The van der Waals surface area contributed by atoms with E-state index in [1.807, 2.05) is 4.90 Å². The van der Waals surface area contributed by atoms with Crippen LogP contribution in [0, 0.1) is 0 Å². The van der Waals surface area contributed by atoms with Gasteiger partial charge in [-0.1, -0.05) is 56.5 Å². The molecule has 2 fully saturated rings. The Kier molecular flexibility index (Phi) is 8.49. The van der Waals surface area contributed by atoms with Crippen LogP contribution in [0.15, 0.2) is 29.3 Å². The van der Waals surface area contributed by atoms with E-state index >= 15 is 0 Å². The highest BCUT2D eigenvalue weighted by Gasteiger charge is 2.34. The summed E-state index contributed by atoms with van der Waals surface area (Å²) in [6.45, 7) is 3.81. The summed E-state index contributed by atoms with van der Waals surface area (Å²) in [4.78, 5) is 21.6. The lowest BCUT2D eigenvalue weighted by Gasteiger charge is -2.33. The summed E-state index contributed by atoms with van der Waals surface area (Å²) in [6, 6.07) is 8.83. The van der Waals surface area contributed by atoms with Gasteiger partial charge in [0, 0.05) is 25.4 Å². The van der Waals surface area contributed by atoms with E-state index in [1.165, 1.54) is 44.1 Å². The molecule has 3 rings (SSSR count). The van der Waals surface area contributed by atoms with Gasteiger partial charge in [0.05, 0.1) is 6.04 Å². The van der Waals surface area contributed by atoms with Crippen LogP contribution >= 0.6 is 24.2 Å². The van der Waals surface area contributed by atoms with Crippen molar-refractivity contribution in [3.63, 3.8) is 0 Å². The van der Waals surface area contributed by atoms with E-state index in [1.54, 1.807) is 18.7 Å². The number of amidine groups is 1. The van der Waals surface area contributed by atoms with Crippen molar-refractivity contribution in [2.45, 2.75) is 71.0 Å². The van der Waals surface area contributed by atoms with Gasteiger partial charge in [0.25, 0.3) is 0 Å². The van der Waals surface area contributed by atoms with Crippen LogP contribution in [0.4, 0.5) is 5.69 Å². The van der Waals surface area contributed by atoms with Crippen LogP contribution in [0.1, 0.15) is 57.9 Å². The van der Waals surface area contributed by atoms with Crippen molar-refractivity contribution in [3.05, 3.63) is 29.8 Å². The van der Waals surface area contributed by atoms with Gasteiger partial charge in [0.2, 0.25) is 5.91 Å². The number of nitrogens with zero attached hydrogens (tertiary/aromatic N) is 3. The predicted molar refractivity (Wildman–Crippen MR) is 119 cm³/mol. The molecule has 1 aromatic carbocycles. The molecule has 1 amide bonds. The third-order valence-electron chi connectivity index (χ3n) is 5.49. The number of benzene rings is 1. The largest absolute Gasteiger partial charge is 0.333 e. The average Bonchev–Trinajstić information content (AvgIpc) is 2.85. The topological polar surface area (TPSA) is 35.9 Å². The number of anilines is 1. The normalized spacial score (nSPS) is 22.4. The van der Waals surface area contributed by atoms with Gasteiger partial charge in [-0.3, -0.25) is 14.7 Å². The minimum Gasteiger partial charge on any atom is -0.333 e. The van der Waals surface area contributed by atoms with E-state index in [-0.39, 0.29) is 24.5 Å². The number of thioether (sulfide) groups is 1. The first-order chi connectivity index (χ1) is 12.6. The zero-order chi connectivity index (χ0) is 18.5. The molecule has 0 spiro atoms. The average molecular weight is 410 g/mol. The number of amides is 1. The van der Waals surface area contributed by atoms with Gasteiger partial charge in [-0.15, -0.1) is 12.4 Å². The summed E-state index contributed by atoms with van der Waals surface area (Å²) in [6.07, 6.45) is 8.74. The third kappa shape index (κ3) is 5.41. The fraction of sp³-hybridized carbons (Fsp3) is 0.619. The quantitative estimate of drug-likeness (QED) is 0.648. The molecule has 1 aliphatic carbocycles. The molecule has 1 saturated heterocycles. The molecule has 2 aliphatic rings. The van der Waals surface area contributed by atoms with Crippen LogP contribution in [0.25, 0.3) is 0 Å². The number of carbonyl (C=O) groups is 1. The van der Waals surface area contributed by atoms with Crippen molar-refractivity contribution in [1.82, 2.24) is 4.90 Å². The lowest BCUT2D eigenvalue weighted by molar-refractivity contribution is -0.117. The monoisotopic (exact) mass is 409 g/mol. The van der Waals surface area contributed by atoms with Gasteiger partial charge in [0.1, 0.15) is 6.17 Å². The lowest BCUT2D eigenvalue weighted by atomic mass is 10.1. The maximum atomic E-state index is 12.4. The highest BCUT2D eigenvalue weighted by molar-refractivity contribution is 8.14. The Morgan fingerprint density at radius 2 is 1.81 bits per heavy atom. The molecule has 1 atom stereocenters. The number of hydrogen-bond acceptors (Lipinski definition) is 3. The number of rotatable bonds is 4. The highest BCUT2D eigenvalue weighted by Crippen LogP contribution is 2.31. The van der Waals surface area contributed by atoms with Gasteiger partial charge >= 0.3 is 0 Å². The summed E-state index contributed by atoms with van der Waals surface area (Å²) in [7, 11) is 2.08. The van der Waals surface area contributed by atoms with Crippen molar-refractivity contribution < 1.29 is 4.79 Å². The van der Waals surface area contributed by atoms with Gasteiger partial charge in [-0.2, -0.15) is 0 Å². The smallest absolute Gasteiger partial charge is 0.225 e. The zero-order valence-corrected chi connectivity index (χ0v) is 18.3. The first kappa shape index (κ1) is 22.1. The molecular weight excluding hydrogens is 378 g/mol. The molecule has 6 heteroatoms. The second kappa shape index (κ2) is 10.4. The van der Waals surface area contributed by atoms with Crippen molar-refractivity contribution in [1.29, 1.82) is 0 Å². The van der Waals surface area contributed by atoms with E-state index in [0.717, 1.165) is 23.0 Å². The molecule has 1 aliphatic heterocycles. The fourth-order valence-electron chi connectivity index (χ4n) is 3.87. The van der Waals surface area contributed by atoms with Crippen LogP contribution in [0.5, 0.6) is 0 Å². The van der Waals surface area contributed by atoms with Crippen LogP contribution in [-0.4, -0.2) is 41.0 Å². The van der Waals surface area contributed by atoms with Gasteiger partial charge in [-0.05, 0) is 37.0 Å². The molecule has 1 aromatic rings. The SMILES string of the molecule is CCc1ccc(N(C(C)=O)C2CSC(=NC3CCCCCC3)N2C)cc1.Cl. The van der Waals surface area contributed by atoms with Crippen molar-refractivity contribution in [3.8, 4) is 0 Å². The lowest BCUT2D eigenvalue weighted by Crippen LogP contribution is -2.48. The maximum absolute atomic E-state index is 12.4. The number of aliphatic imine (C=N–C) groups is 1. The van der Waals surface area contributed by atoms with Crippen LogP contribution < -0.4 is 4.90 Å². The molecule has 0 aromatic heterocycles. The zero-order valence-electron chi connectivity index (χ0n) is 16.7. The van der Waals surface area contributed by atoms with Crippen LogP contribution in [-0.2, 0) is 11.2 Å². The molecular formula is C21H32ClN3OS. The first-order valence-electron chi connectivity index (χ1n) is 9.92. The summed E-state index contributed by atoms with van der Waals surface area (Å²) in [5.41, 5.74) is 2.27. The van der Waals surface area contributed by atoms with Crippen molar-refractivity contribution in [2.75, 3.05) is 17.7 Å². The van der Waals surface area contributed by atoms with Crippen molar-refractivity contribution >= 4 is 40.9 Å². The summed E-state index contributed by atoms with van der Waals surface area (Å²) >= 11 is 1.79. The first-order valence-corrected chi connectivity index (χ1v) is 10.9. The minimum atomic E-state index is 0. The highest BCUT2D eigenvalue weighted by atomic mass is 35.5. The Labute approximate surface area is 174 Å². The maximum Gasteiger partial charge on any atom is 0.225 e. The number of carbonyl (C=O) groups excluding carboxylic acids is 1. The Bertz CT molecular complexity index is 641. The molecule has 27 heavy (non-hydrogen) atoms. The molecule has 1 unspecified atom stereocenters. The Morgan fingerprint density at radius 1 is 1.19 bits per heavy atom. The molecule has 4 nitrogen and oxygen atoms in total. The van der Waals surface area contributed by atoms with E-state index in [0.29, 0.717) is 6.04 Å². The van der Waals surface area contributed by atoms with Gasteiger partial charge < -0.3 is 4.90 Å².